The molecule has 4 aromatic rings. The van der Waals surface area contributed by atoms with Gasteiger partial charge < -0.3 is 0 Å². The Morgan fingerprint density at radius 1 is 0.818 bits per heavy atom. The van der Waals surface area contributed by atoms with E-state index in [1.54, 1.807) is 0 Å². The fourth-order valence-electron chi connectivity index (χ4n) is 3.53. The Morgan fingerprint density at radius 2 is 1.45 bits per heavy atom. The van der Waals surface area contributed by atoms with Crippen LogP contribution in [0, 0.1) is 0 Å². The molecule has 0 heterocycles. The van der Waals surface area contributed by atoms with Gasteiger partial charge >= 0.3 is 0 Å². The van der Waals surface area contributed by atoms with Gasteiger partial charge in [-0.2, -0.15) is 0 Å². The standard InChI is InChI=1S/C21H18O/c1-2-4-18(22)13-17-10-9-16-8-7-14-5-3-6-15-11-12-19(17)21(16)20(14)15/h3,5-12H,2,4,13H2,1H3. The first kappa shape index (κ1) is 13.3. The molecule has 0 aromatic heterocycles. The van der Waals surface area contributed by atoms with E-state index < -0.39 is 0 Å². The molecule has 0 amide bonds. The summed E-state index contributed by atoms with van der Waals surface area (Å²) >= 11 is 0. The Kier molecular flexibility index (Phi) is 3.07. The third kappa shape index (κ3) is 1.97. The highest BCUT2D eigenvalue weighted by atomic mass is 16.1. The predicted octanol–water partition coefficient (Wildman–Crippen LogP) is 5.50. The Labute approximate surface area is 129 Å². The van der Waals surface area contributed by atoms with Crippen LogP contribution in [0.3, 0.4) is 0 Å². The highest BCUT2D eigenvalue weighted by molar-refractivity contribution is 6.23. The van der Waals surface area contributed by atoms with E-state index in [0.29, 0.717) is 18.6 Å². The monoisotopic (exact) mass is 286 g/mol. The Bertz CT molecular complexity index is 965. The van der Waals surface area contributed by atoms with Gasteiger partial charge in [0.05, 0.1) is 0 Å². The summed E-state index contributed by atoms with van der Waals surface area (Å²) in [6.45, 7) is 2.06. The number of Topliss-reactive ketones (excluding diaryl/α,β-unsaturated/α-hetero) is 1. The molecular weight excluding hydrogens is 268 g/mol. The smallest absolute Gasteiger partial charge is 0.137 e. The molecule has 4 aromatic carbocycles. The molecule has 0 spiro atoms. The number of ketones is 1. The summed E-state index contributed by atoms with van der Waals surface area (Å²) in [5, 5.41) is 7.65. The first-order valence-corrected chi connectivity index (χ1v) is 7.95. The third-order valence-electron chi connectivity index (χ3n) is 4.54. The van der Waals surface area contributed by atoms with Gasteiger partial charge in [0.15, 0.2) is 0 Å². The summed E-state index contributed by atoms with van der Waals surface area (Å²) in [5.41, 5.74) is 1.16. The molecule has 0 aliphatic rings. The molecule has 0 saturated heterocycles. The molecule has 0 aliphatic heterocycles. The molecular formula is C21H18O. The lowest BCUT2D eigenvalue weighted by atomic mass is 9.90. The molecule has 1 nitrogen and oxygen atoms in total. The normalized spacial score (nSPS) is 11.7. The van der Waals surface area contributed by atoms with Gasteiger partial charge in [0.25, 0.3) is 0 Å². The summed E-state index contributed by atoms with van der Waals surface area (Å²) in [7, 11) is 0. The predicted molar refractivity (Wildman–Crippen MR) is 93.8 cm³/mol. The Hall–Kier alpha value is -2.41. The van der Waals surface area contributed by atoms with Crippen LogP contribution in [-0.2, 0) is 11.2 Å². The van der Waals surface area contributed by atoms with Gasteiger partial charge in [0.2, 0.25) is 0 Å². The molecule has 0 saturated carbocycles. The summed E-state index contributed by atoms with van der Waals surface area (Å²) in [6, 6.07) is 19.4. The van der Waals surface area contributed by atoms with Gasteiger partial charge in [0.1, 0.15) is 5.78 Å². The molecule has 22 heavy (non-hydrogen) atoms. The van der Waals surface area contributed by atoms with Crippen molar-refractivity contribution in [1.29, 1.82) is 0 Å². The molecule has 108 valence electrons. The molecule has 0 unspecified atom stereocenters. The number of hydrogen-bond donors (Lipinski definition) is 0. The maximum absolute atomic E-state index is 12.1. The third-order valence-corrected chi connectivity index (χ3v) is 4.54. The number of rotatable bonds is 4. The van der Waals surface area contributed by atoms with Crippen molar-refractivity contribution in [1.82, 2.24) is 0 Å². The topological polar surface area (TPSA) is 17.1 Å². The van der Waals surface area contributed by atoms with Crippen molar-refractivity contribution >= 4 is 38.1 Å². The molecule has 1 heteroatoms. The largest absolute Gasteiger partial charge is 0.299 e. The highest BCUT2D eigenvalue weighted by Crippen LogP contribution is 2.36. The Balaban J connectivity index is 2.02. The lowest BCUT2D eigenvalue weighted by Crippen LogP contribution is -2.02. The average Bonchev–Trinajstić information content (AvgIpc) is 2.54. The van der Waals surface area contributed by atoms with Crippen molar-refractivity contribution in [3.63, 3.8) is 0 Å². The fraction of sp³-hybridized carbons (Fsp3) is 0.190. The first-order valence-electron chi connectivity index (χ1n) is 7.95. The van der Waals surface area contributed by atoms with E-state index in [1.165, 1.54) is 32.3 Å². The zero-order valence-electron chi connectivity index (χ0n) is 12.7. The second-order valence-corrected chi connectivity index (χ2v) is 6.05. The van der Waals surface area contributed by atoms with E-state index in [-0.39, 0.29) is 0 Å². The minimum Gasteiger partial charge on any atom is -0.299 e. The van der Waals surface area contributed by atoms with Gasteiger partial charge in [-0.3, -0.25) is 4.79 Å². The van der Waals surface area contributed by atoms with Gasteiger partial charge in [-0.25, -0.2) is 0 Å². The molecule has 0 aliphatic carbocycles. The van der Waals surface area contributed by atoms with E-state index >= 15 is 0 Å². The van der Waals surface area contributed by atoms with Crippen molar-refractivity contribution in [2.24, 2.45) is 0 Å². The number of carbonyl (C=O) groups excluding carboxylic acids is 1. The van der Waals surface area contributed by atoms with Crippen LogP contribution in [0.4, 0.5) is 0 Å². The van der Waals surface area contributed by atoms with Crippen molar-refractivity contribution < 1.29 is 4.79 Å². The summed E-state index contributed by atoms with van der Waals surface area (Å²) in [5.74, 6) is 0.331. The quantitative estimate of drug-likeness (QED) is 0.453. The summed E-state index contributed by atoms with van der Waals surface area (Å²) in [4.78, 5) is 12.1. The van der Waals surface area contributed by atoms with Crippen LogP contribution < -0.4 is 0 Å². The summed E-state index contributed by atoms with van der Waals surface area (Å²) in [6.07, 6.45) is 2.13. The number of carbonyl (C=O) groups is 1. The summed E-state index contributed by atoms with van der Waals surface area (Å²) < 4.78 is 0. The maximum Gasteiger partial charge on any atom is 0.137 e. The molecule has 0 bridgehead atoms. The van der Waals surface area contributed by atoms with Gasteiger partial charge in [-0.05, 0) is 44.3 Å². The van der Waals surface area contributed by atoms with Crippen LogP contribution in [-0.4, -0.2) is 5.78 Å². The van der Waals surface area contributed by atoms with Crippen LogP contribution >= 0.6 is 0 Å². The number of benzene rings is 4. The second kappa shape index (κ2) is 5.10. The maximum atomic E-state index is 12.1. The number of hydrogen-bond acceptors (Lipinski definition) is 1. The first-order chi connectivity index (χ1) is 10.8. The van der Waals surface area contributed by atoms with Crippen molar-refractivity contribution in [2.75, 3.05) is 0 Å². The molecule has 0 N–H and O–H groups in total. The van der Waals surface area contributed by atoms with Gasteiger partial charge in [0, 0.05) is 12.8 Å². The van der Waals surface area contributed by atoms with Crippen LogP contribution in [0.1, 0.15) is 25.3 Å². The highest BCUT2D eigenvalue weighted by Gasteiger charge is 2.12. The van der Waals surface area contributed by atoms with E-state index in [1.807, 2.05) is 0 Å². The van der Waals surface area contributed by atoms with Crippen molar-refractivity contribution in [2.45, 2.75) is 26.2 Å². The zero-order valence-corrected chi connectivity index (χ0v) is 12.7. The van der Waals surface area contributed by atoms with Crippen molar-refractivity contribution in [3.05, 3.63) is 60.2 Å². The Morgan fingerprint density at radius 3 is 2.18 bits per heavy atom. The molecule has 0 fully saturated rings. The van der Waals surface area contributed by atoms with Crippen molar-refractivity contribution in [3.8, 4) is 0 Å². The minimum absolute atomic E-state index is 0.331. The lowest BCUT2D eigenvalue weighted by molar-refractivity contribution is -0.118. The van der Waals surface area contributed by atoms with E-state index in [9.17, 15) is 4.79 Å². The molecule has 0 radical (unpaired) electrons. The molecule has 4 rings (SSSR count). The van der Waals surface area contributed by atoms with Gasteiger partial charge in [-0.1, -0.05) is 61.5 Å². The van der Waals surface area contributed by atoms with Crippen LogP contribution in [0.15, 0.2) is 54.6 Å². The molecule has 0 atom stereocenters. The zero-order chi connectivity index (χ0) is 15.1. The van der Waals surface area contributed by atoms with E-state index in [0.717, 1.165) is 12.0 Å². The van der Waals surface area contributed by atoms with Crippen LogP contribution in [0.2, 0.25) is 0 Å². The van der Waals surface area contributed by atoms with E-state index in [4.69, 9.17) is 0 Å². The lowest BCUT2D eigenvalue weighted by Gasteiger charge is -2.13. The van der Waals surface area contributed by atoms with E-state index in [2.05, 4.69) is 61.5 Å². The van der Waals surface area contributed by atoms with Crippen LogP contribution in [0.5, 0.6) is 0 Å². The second-order valence-electron chi connectivity index (χ2n) is 6.05. The minimum atomic E-state index is 0.331. The average molecular weight is 286 g/mol. The SMILES string of the molecule is CCCC(=O)Cc1ccc2ccc3cccc4ccc1c2c34. The van der Waals surface area contributed by atoms with Crippen LogP contribution in [0.25, 0.3) is 32.3 Å². The van der Waals surface area contributed by atoms with Gasteiger partial charge in [-0.15, -0.1) is 0 Å². The fourth-order valence-corrected chi connectivity index (χ4v) is 3.53.